The van der Waals surface area contributed by atoms with Crippen molar-refractivity contribution in [3.05, 3.63) is 35.9 Å². The summed E-state index contributed by atoms with van der Waals surface area (Å²) in [5, 5.41) is 17.8. The Morgan fingerprint density at radius 2 is 1.78 bits per heavy atom. The Morgan fingerprint density at radius 1 is 1.13 bits per heavy atom. The van der Waals surface area contributed by atoms with Crippen molar-refractivity contribution in [1.82, 2.24) is 5.32 Å². The van der Waals surface area contributed by atoms with E-state index in [2.05, 4.69) is 5.32 Å². The van der Waals surface area contributed by atoms with Gasteiger partial charge in [-0.3, -0.25) is 0 Å². The lowest BCUT2D eigenvalue weighted by Gasteiger charge is -2.08. The van der Waals surface area contributed by atoms with Gasteiger partial charge in [-0.15, -0.1) is 11.3 Å². The molecule has 7 nitrogen and oxygen atoms in total. The lowest BCUT2D eigenvalue weighted by Crippen LogP contribution is -2.12. The molecule has 0 saturated carbocycles. The third kappa shape index (κ3) is 3.90. The van der Waals surface area contributed by atoms with Crippen LogP contribution in [0.2, 0.25) is 0 Å². The molecule has 0 bridgehead atoms. The van der Waals surface area contributed by atoms with E-state index >= 15 is 0 Å². The van der Waals surface area contributed by atoms with Gasteiger partial charge in [-0.05, 0) is 36.9 Å². The molecule has 0 aliphatic rings. The van der Waals surface area contributed by atoms with Gasteiger partial charge in [0.1, 0.15) is 14.2 Å². The van der Waals surface area contributed by atoms with Gasteiger partial charge in [-0.2, -0.15) is 0 Å². The molecule has 1 aromatic carbocycles. The van der Waals surface area contributed by atoms with Crippen LogP contribution in [0.25, 0.3) is 0 Å². The first-order chi connectivity index (χ1) is 10.7. The molecule has 2 rings (SSSR count). The summed E-state index contributed by atoms with van der Waals surface area (Å²) in [5.74, 6) is -0.0127. The number of rotatable bonds is 6. The standard InChI is InChI=1S/C13H16N2O5S3/c1-2-15-8-9-7-10(3-4-11(9)16)22(17,18)12-5-6-13(21-12)23(14,19)20/h3-7,15-16H,2,8H2,1H3,(H2,14,19,20). The van der Waals surface area contributed by atoms with Crippen LogP contribution in [0.15, 0.2) is 43.6 Å². The van der Waals surface area contributed by atoms with Crippen LogP contribution in [0.5, 0.6) is 5.75 Å². The predicted octanol–water partition coefficient (Wildman–Crippen LogP) is 1.04. The number of primary sulfonamides is 1. The molecular formula is C13H16N2O5S3. The second-order valence-corrected chi connectivity index (χ2v) is 9.74. The SMILES string of the molecule is CCNCc1cc(S(=O)(=O)c2ccc(S(N)(=O)=O)s2)ccc1O. The fourth-order valence-electron chi connectivity index (χ4n) is 1.85. The van der Waals surface area contributed by atoms with Crippen LogP contribution in [-0.4, -0.2) is 28.5 Å². The zero-order valence-corrected chi connectivity index (χ0v) is 14.6. The van der Waals surface area contributed by atoms with E-state index in [-0.39, 0.29) is 19.1 Å². The molecule has 1 heterocycles. The van der Waals surface area contributed by atoms with Gasteiger partial charge in [0.15, 0.2) is 0 Å². The number of phenolic OH excluding ortho intramolecular Hbond substituents is 1. The van der Waals surface area contributed by atoms with E-state index in [1.807, 2.05) is 6.92 Å². The first-order valence-corrected chi connectivity index (χ1v) is 10.4. The van der Waals surface area contributed by atoms with Crippen molar-refractivity contribution in [3.8, 4) is 5.75 Å². The van der Waals surface area contributed by atoms with Crippen molar-refractivity contribution in [3.63, 3.8) is 0 Å². The minimum absolute atomic E-state index is 0.0127. The number of sulfonamides is 1. The van der Waals surface area contributed by atoms with Gasteiger partial charge in [-0.1, -0.05) is 6.92 Å². The van der Waals surface area contributed by atoms with Crippen LogP contribution < -0.4 is 10.5 Å². The Bertz CT molecular complexity index is 917. The summed E-state index contributed by atoms with van der Waals surface area (Å²) in [6, 6.07) is 6.30. The van der Waals surface area contributed by atoms with Crippen LogP contribution >= 0.6 is 11.3 Å². The molecule has 0 atom stereocenters. The molecule has 126 valence electrons. The lowest BCUT2D eigenvalue weighted by molar-refractivity contribution is 0.464. The highest BCUT2D eigenvalue weighted by Gasteiger charge is 2.23. The summed E-state index contributed by atoms with van der Waals surface area (Å²) < 4.78 is 47.4. The summed E-state index contributed by atoms with van der Waals surface area (Å²) >= 11 is 0.590. The summed E-state index contributed by atoms with van der Waals surface area (Å²) in [5.41, 5.74) is 0.441. The van der Waals surface area contributed by atoms with E-state index < -0.39 is 19.9 Å². The number of hydrogen-bond acceptors (Lipinski definition) is 7. The van der Waals surface area contributed by atoms with Gasteiger partial charge in [0.05, 0.1) is 4.90 Å². The largest absolute Gasteiger partial charge is 0.508 e. The Balaban J connectivity index is 2.45. The quantitative estimate of drug-likeness (QED) is 0.691. The van der Waals surface area contributed by atoms with Gasteiger partial charge in [-0.25, -0.2) is 22.0 Å². The van der Waals surface area contributed by atoms with E-state index in [0.717, 1.165) is 6.07 Å². The molecule has 0 spiro atoms. The molecule has 0 fully saturated rings. The minimum Gasteiger partial charge on any atom is -0.508 e. The zero-order chi connectivity index (χ0) is 17.3. The summed E-state index contributed by atoms with van der Waals surface area (Å²) in [6.07, 6.45) is 0. The van der Waals surface area contributed by atoms with E-state index in [9.17, 15) is 21.9 Å². The highest BCUT2D eigenvalue weighted by atomic mass is 32.3. The second-order valence-electron chi connectivity index (χ2n) is 4.69. The molecule has 0 saturated heterocycles. The maximum absolute atomic E-state index is 12.6. The fourth-order valence-corrected chi connectivity index (χ4v) is 5.49. The van der Waals surface area contributed by atoms with E-state index in [1.165, 1.54) is 24.3 Å². The Kier molecular flexibility index (Phi) is 5.11. The van der Waals surface area contributed by atoms with Crippen molar-refractivity contribution >= 4 is 31.2 Å². The van der Waals surface area contributed by atoms with Gasteiger partial charge in [0, 0.05) is 12.1 Å². The first-order valence-electron chi connectivity index (χ1n) is 6.56. The molecule has 10 heteroatoms. The first kappa shape index (κ1) is 17.9. The summed E-state index contributed by atoms with van der Waals surface area (Å²) in [7, 11) is -7.83. The normalized spacial score (nSPS) is 12.4. The predicted molar refractivity (Wildman–Crippen MR) is 86.6 cm³/mol. The number of benzene rings is 1. The van der Waals surface area contributed by atoms with Gasteiger partial charge in [0.2, 0.25) is 19.9 Å². The molecular weight excluding hydrogens is 360 g/mol. The van der Waals surface area contributed by atoms with E-state index in [4.69, 9.17) is 5.14 Å². The number of aromatic hydroxyl groups is 1. The molecule has 2 aromatic rings. The van der Waals surface area contributed by atoms with Crippen LogP contribution in [-0.2, 0) is 26.4 Å². The Labute approximate surface area is 138 Å². The van der Waals surface area contributed by atoms with Crippen molar-refractivity contribution in [2.24, 2.45) is 5.14 Å². The maximum Gasteiger partial charge on any atom is 0.247 e. The van der Waals surface area contributed by atoms with Gasteiger partial charge in [0.25, 0.3) is 0 Å². The summed E-state index contributed by atoms with van der Waals surface area (Å²) in [6.45, 7) is 2.87. The van der Waals surface area contributed by atoms with E-state index in [1.54, 1.807) is 0 Å². The van der Waals surface area contributed by atoms with Crippen LogP contribution in [0, 0.1) is 0 Å². The van der Waals surface area contributed by atoms with Crippen LogP contribution in [0.4, 0.5) is 0 Å². The molecule has 4 N–H and O–H groups in total. The lowest BCUT2D eigenvalue weighted by atomic mass is 10.2. The smallest absolute Gasteiger partial charge is 0.247 e. The number of nitrogens with one attached hydrogen (secondary N) is 1. The number of sulfone groups is 1. The monoisotopic (exact) mass is 376 g/mol. The molecule has 0 radical (unpaired) electrons. The van der Waals surface area contributed by atoms with Crippen molar-refractivity contribution in [2.45, 2.75) is 26.8 Å². The second kappa shape index (κ2) is 6.57. The topological polar surface area (TPSA) is 127 Å². The molecule has 0 amide bonds. The molecule has 0 aliphatic carbocycles. The Hall–Kier alpha value is -1.46. The molecule has 0 aliphatic heterocycles. The van der Waals surface area contributed by atoms with E-state index in [0.29, 0.717) is 30.0 Å². The summed E-state index contributed by atoms with van der Waals surface area (Å²) in [4.78, 5) is -0.0222. The van der Waals surface area contributed by atoms with Gasteiger partial charge >= 0.3 is 0 Å². The number of hydrogen-bond donors (Lipinski definition) is 3. The number of nitrogens with two attached hydrogens (primary N) is 1. The van der Waals surface area contributed by atoms with Crippen LogP contribution in [0.1, 0.15) is 12.5 Å². The number of thiophene rings is 1. The van der Waals surface area contributed by atoms with Crippen molar-refractivity contribution in [1.29, 1.82) is 0 Å². The molecule has 1 aromatic heterocycles. The third-order valence-electron chi connectivity index (χ3n) is 3.03. The average Bonchev–Trinajstić information content (AvgIpc) is 2.97. The zero-order valence-electron chi connectivity index (χ0n) is 12.2. The minimum atomic E-state index is -3.95. The highest BCUT2D eigenvalue weighted by molar-refractivity contribution is 7.95. The van der Waals surface area contributed by atoms with Crippen molar-refractivity contribution < 1.29 is 21.9 Å². The van der Waals surface area contributed by atoms with Gasteiger partial charge < -0.3 is 10.4 Å². The highest BCUT2D eigenvalue weighted by Crippen LogP contribution is 2.31. The average molecular weight is 376 g/mol. The third-order valence-corrected chi connectivity index (χ3v) is 7.80. The fraction of sp³-hybridized carbons (Fsp3) is 0.231. The number of phenols is 1. The molecule has 0 unspecified atom stereocenters. The molecule has 23 heavy (non-hydrogen) atoms. The van der Waals surface area contributed by atoms with Crippen LogP contribution in [0.3, 0.4) is 0 Å². The maximum atomic E-state index is 12.6. The van der Waals surface area contributed by atoms with Crippen molar-refractivity contribution in [2.75, 3.05) is 6.54 Å². The Morgan fingerprint density at radius 3 is 2.35 bits per heavy atom.